The smallest absolute Gasteiger partial charge is 0.344 e. The number of hydrogen-bond acceptors (Lipinski definition) is 18. The van der Waals surface area contributed by atoms with Crippen LogP contribution in [0.3, 0.4) is 0 Å². The molecular weight excluding hydrogens is 650 g/mol. The number of rotatable bonds is 27. The molecule has 0 aromatic rings. The van der Waals surface area contributed by atoms with E-state index < -0.39 is 93.9 Å². The van der Waals surface area contributed by atoms with Gasteiger partial charge < -0.3 is 43.2 Å². The minimum absolute atomic E-state index is 0.106. The van der Waals surface area contributed by atoms with Crippen molar-refractivity contribution in [2.24, 2.45) is 0 Å². The highest BCUT2D eigenvalue weighted by Gasteiger charge is 2.15. The van der Waals surface area contributed by atoms with Crippen molar-refractivity contribution < 1.29 is 85.8 Å². The third-order valence-corrected chi connectivity index (χ3v) is 5.33. The zero-order valence-electron chi connectivity index (χ0n) is 26.9. The zero-order chi connectivity index (χ0) is 36.2. The molecule has 0 spiro atoms. The molecule has 48 heavy (non-hydrogen) atoms. The maximum atomic E-state index is 11.8. The molecule has 0 fully saturated rings. The molecule has 0 saturated heterocycles. The van der Waals surface area contributed by atoms with E-state index in [1.165, 1.54) is 14.0 Å². The average Bonchev–Trinajstić information content (AvgIpc) is 3.05. The van der Waals surface area contributed by atoms with Gasteiger partial charge in [-0.3, -0.25) is 24.0 Å². The van der Waals surface area contributed by atoms with E-state index in [9.17, 15) is 47.9 Å². The number of amides is 1. The number of methoxy groups -OCH3 is 1. The molecule has 0 rings (SSSR count). The van der Waals surface area contributed by atoms with E-state index in [-0.39, 0.29) is 50.3 Å². The van der Waals surface area contributed by atoms with Gasteiger partial charge in [-0.05, 0) is 32.6 Å². The predicted molar refractivity (Wildman–Crippen MR) is 154 cm³/mol. The Hall–Kier alpha value is -4.94. The Labute approximate surface area is 275 Å². The minimum atomic E-state index is -1.10. The van der Waals surface area contributed by atoms with Crippen LogP contribution in [-0.2, 0) is 85.8 Å². The summed E-state index contributed by atoms with van der Waals surface area (Å²) in [4.78, 5) is 115. The van der Waals surface area contributed by atoms with Crippen molar-refractivity contribution >= 4 is 59.3 Å². The molecule has 0 aliphatic carbocycles. The van der Waals surface area contributed by atoms with Gasteiger partial charge in [0, 0.05) is 32.9 Å². The fraction of sp³-hybridized carbons (Fsp3) is 0.655. The molecule has 1 amide bonds. The molecule has 0 aromatic carbocycles. The van der Waals surface area contributed by atoms with Crippen LogP contribution in [0, 0.1) is 0 Å². The molecule has 0 aromatic heterocycles. The summed E-state index contributed by atoms with van der Waals surface area (Å²) in [5.74, 6) is -7.43. The topological polar surface area (TPSA) is 257 Å². The number of carbonyl (C=O) groups excluding carboxylic acids is 10. The number of esters is 7. The second-order valence-electron chi connectivity index (χ2n) is 9.67. The standard InChI is InChI=1S/C29H41NO18/c1-20(31)12-42-26(37)16-45-23(34)9-5-6-10-24(35)46-17-28(39)48-19-29(40)47-18-27(38)43-13-21(32)8-4-3-7-11-30-22(33)14-44-25(36)15-41-2/h3-19H2,1-2H3,(H,30,33). The van der Waals surface area contributed by atoms with E-state index in [1.807, 2.05) is 0 Å². The first-order valence-electron chi connectivity index (χ1n) is 14.7. The molecule has 0 heterocycles. The predicted octanol–water partition coefficient (Wildman–Crippen LogP) is -1.17. The highest BCUT2D eigenvalue weighted by atomic mass is 16.6. The average molecular weight is 692 g/mol. The van der Waals surface area contributed by atoms with Gasteiger partial charge in [0.25, 0.3) is 5.91 Å². The summed E-state index contributed by atoms with van der Waals surface area (Å²) in [5, 5.41) is 2.55. The van der Waals surface area contributed by atoms with Crippen molar-refractivity contribution in [3.63, 3.8) is 0 Å². The summed E-state index contributed by atoms with van der Waals surface area (Å²) in [6.45, 7) is -3.28. The van der Waals surface area contributed by atoms with Crippen LogP contribution in [0.1, 0.15) is 58.3 Å². The Kier molecular flexibility index (Phi) is 24.4. The van der Waals surface area contributed by atoms with Gasteiger partial charge in [0.05, 0.1) is 0 Å². The molecule has 1 N–H and O–H groups in total. The van der Waals surface area contributed by atoms with Crippen LogP contribution in [0.2, 0.25) is 0 Å². The van der Waals surface area contributed by atoms with E-state index in [2.05, 4.69) is 38.5 Å². The van der Waals surface area contributed by atoms with E-state index in [1.54, 1.807) is 0 Å². The minimum Gasteiger partial charge on any atom is -0.455 e. The maximum Gasteiger partial charge on any atom is 0.344 e. The lowest BCUT2D eigenvalue weighted by Gasteiger charge is -2.08. The van der Waals surface area contributed by atoms with Gasteiger partial charge >= 0.3 is 41.8 Å². The summed E-state index contributed by atoms with van der Waals surface area (Å²) in [5.41, 5.74) is 0. The normalized spacial score (nSPS) is 10.1. The fourth-order valence-corrected chi connectivity index (χ4v) is 3.03. The van der Waals surface area contributed by atoms with E-state index in [0.717, 1.165) is 0 Å². The van der Waals surface area contributed by atoms with E-state index >= 15 is 0 Å². The number of nitrogens with one attached hydrogen (secondary N) is 1. The summed E-state index contributed by atoms with van der Waals surface area (Å²) >= 11 is 0. The molecule has 19 nitrogen and oxygen atoms in total. The van der Waals surface area contributed by atoms with Crippen LogP contribution >= 0.6 is 0 Å². The summed E-state index contributed by atoms with van der Waals surface area (Å²) in [7, 11) is 1.32. The van der Waals surface area contributed by atoms with Gasteiger partial charge in [0.2, 0.25) is 0 Å². The van der Waals surface area contributed by atoms with Crippen LogP contribution in [0.4, 0.5) is 0 Å². The second kappa shape index (κ2) is 27.2. The molecule has 19 heteroatoms. The molecule has 0 unspecified atom stereocenters. The first-order chi connectivity index (χ1) is 22.8. The number of ketones is 2. The summed E-state index contributed by atoms with van der Waals surface area (Å²) in [6.07, 6.45) is 1.88. The van der Waals surface area contributed by atoms with Crippen LogP contribution in [0.5, 0.6) is 0 Å². The highest BCUT2D eigenvalue weighted by Crippen LogP contribution is 2.04. The Morgan fingerprint density at radius 1 is 0.417 bits per heavy atom. The first-order valence-corrected chi connectivity index (χ1v) is 14.7. The van der Waals surface area contributed by atoms with Gasteiger partial charge in [0.1, 0.15) is 19.8 Å². The maximum absolute atomic E-state index is 11.8. The van der Waals surface area contributed by atoms with Crippen molar-refractivity contribution in [3.05, 3.63) is 0 Å². The molecule has 0 aliphatic rings. The SMILES string of the molecule is COCC(=O)OCC(=O)NCCCCCC(=O)COC(=O)COC(=O)COC(=O)COC(=O)CCCCC(=O)OCC(=O)OCC(C)=O. The number of ether oxygens (including phenoxy) is 8. The summed E-state index contributed by atoms with van der Waals surface area (Å²) < 4.78 is 37.0. The highest BCUT2D eigenvalue weighted by molar-refractivity contribution is 5.84. The van der Waals surface area contributed by atoms with Crippen LogP contribution in [-0.4, -0.2) is 126 Å². The van der Waals surface area contributed by atoms with Gasteiger partial charge in [-0.2, -0.15) is 0 Å². The van der Waals surface area contributed by atoms with Crippen molar-refractivity contribution in [2.45, 2.75) is 58.3 Å². The number of Topliss-reactive ketones (excluding diaryl/α,β-unsaturated/α-hetero) is 2. The Morgan fingerprint density at radius 3 is 1.29 bits per heavy atom. The van der Waals surface area contributed by atoms with Crippen LogP contribution in [0.15, 0.2) is 0 Å². The Balaban J connectivity index is 3.82. The zero-order valence-corrected chi connectivity index (χ0v) is 26.9. The first kappa shape index (κ1) is 43.1. The second-order valence-corrected chi connectivity index (χ2v) is 9.67. The Bertz CT molecular complexity index is 1120. The molecule has 0 saturated carbocycles. The quantitative estimate of drug-likeness (QED) is 0.0604. The molecule has 0 radical (unpaired) electrons. The lowest BCUT2D eigenvalue weighted by atomic mass is 10.1. The van der Waals surface area contributed by atoms with E-state index in [0.29, 0.717) is 25.8 Å². The molecule has 0 aliphatic heterocycles. The van der Waals surface area contributed by atoms with Gasteiger partial charge in [-0.25, -0.2) is 24.0 Å². The lowest BCUT2D eigenvalue weighted by Crippen LogP contribution is -2.30. The third-order valence-electron chi connectivity index (χ3n) is 5.33. The van der Waals surface area contributed by atoms with E-state index in [4.69, 9.17) is 4.74 Å². The van der Waals surface area contributed by atoms with Crippen molar-refractivity contribution in [2.75, 3.05) is 66.5 Å². The number of unbranched alkanes of at least 4 members (excludes halogenated alkanes) is 3. The van der Waals surface area contributed by atoms with Crippen molar-refractivity contribution in [1.82, 2.24) is 5.32 Å². The molecular formula is C29H41NO18. The van der Waals surface area contributed by atoms with Crippen LogP contribution in [0.25, 0.3) is 0 Å². The Morgan fingerprint density at radius 2 is 0.812 bits per heavy atom. The van der Waals surface area contributed by atoms with Crippen molar-refractivity contribution in [3.8, 4) is 0 Å². The molecule has 0 bridgehead atoms. The molecule has 0 atom stereocenters. The fourth-order valence-electron chi connectivity index (χ4n) is 3.03. The van der Waals surface area contributed by atoms with Crippen molar-refractivity contribution in [1.29, 1.82) is 0 Å². The lowest BCUT2D eigenvalue weighted by molar-refractivity contribution is -0.168. The number of hydrogen-bond donors (Lipinski definition) is 1. The van der Waals surface area contributed by atoms with Gasteiger partial charge in [-0.15, -0.1) is 0 Å². The number of carbonyl (C=O) groups is 10. The summed E-state index contributed by atoms with van der Waals surface area (Å²) in [6, 6.07) is 0. The molecule has 270 valence electrons. The van der Waals surface area contributed by atoms with Crippen LogP contribution < -0.4 is 5.32 Å². The van der Waals surface area contributed by atoms with Gasteiger partial charge in [-0.1, -0.05) is 6.42 Å². The van der Waals surface area contributed by atoms with Gasteiger partial charge in [0.15, 0.2) is 44.6 Å². The largest absolute Gasteiger partial charge is 0.455 e. The third kappa shape index (κ3) is 27.4. The monoisotopic (exact) mass is 691 g/mol.